The van der Waals surface area contributed by atoms with E-state index in [-0.39, 0.29) is 13.2 Å². The lowest BCUT2D eigenvalue weighted by atomic mass is 10.3. The van der Waals surface area contributed by atoms with E-state index >= 15 is 0 Å². The molecule has 1 aromatic rings. The number of alkyl halides is 3. The van der Waals surface area contributed by atoms with Crippen molar-refractivity contribution in [3.63, 3.8) is 0 Å². The predicted octanol–water partition coefficient (Wildman–Crippen LogP) is 3.01. The van der Waals surface area contributed by atoms with Gasteiger partial charge in [-0.15, -0.1) is 0 Å². The smallest absolute Gasteiger partial charge is 0.391 e. The summed E-state index contributed by atoms with van der Waals surface area (Å²) in [5, 5.41) is 0. The van der Waals surface area contributed by atoms with Gasteiger partial charge in [0.25, 0.3) is 0 Å². The van der Waals surface area contributed by atoms with Gasteiger partial charge in [-0.1, -0.05) is 12.1 Å². The molecule has 102 valence electrons. The van der Waals surface area contributed by atoms with Gasteiger partial charge in [-0.2, -0.15) is 13.2 Å². The van der Waals surface area contributed by atoms with Gasteiger partial charge in [-0.05, 0) is 12.1 Å². The third kappa shape index (κ3) is 6.34. The maximum absolute atomic E-state index is 11.8. The molecule has 1 rings (SSSR count). The summed E-state index contributed by atoms with van der Waals surface area (Å²) in [5.74, 6) is 0.577. The Labute approximate surface area is 104 Å². The number of nitrogen functional groups attached to an aromatic ring is 1. The molecule has 0 aliphatic carbocycles. The van der Waals surface area contributed by atoms with Crippen molar-refractivity contribution in [2.24, 2.45) is 0 Å². The van der Waals surface area contributed by atoms with Gasteiger partial charge in [0, 0.05) is 13.0 Å². The van der Waals surface area contributed by atoms with Crippen LogP contribution in [0, 0.1) is 0 Å². The van der Waals surface area contributed by atoms with E-state index in [1.54, 1.807) is 24.3 Å². The minimum Gasteiger partial charge on any atom is -0.491 e. The molecule has 0 saturated heterocycles. The summed E-state index contributed by atoms with van der Waals surface area (Å²) in [6.45, 7) is 0.292. The molecule has 0 aromatic heterocycles. The summed E-state index contributed by atoms with van der Waals surface area (Å²) in [7, 11) is 0. The van der Waals surface area contributed by atoms with Crippen LogP contribution in [-0.4, -0.2) is 26.0 Å². The number of nitrogens with two attached hydrogens (primary N) is 1. The maximum Gasteiger partial charge on any atom is 0.391 e. The summed E-state index contributed by atoms with van der Waals surface area (Å²) in [5.41, 5.74) is 6.19. The maximum atomic E-state index is 11.8. The summed E-state index contributed by atoms with van der Waals surface area (Å²) in [6, 6.07) is 7.04. The molecule has 0 aliphatic rings. The van der Waals surface area contributed by atoms with Crippen molar-refractivity contribution in [3.8, 4) is 5.75 Å². The molecule has 0 heterocycles. The quantitative estimate of drug-likeness (QED) is 0.607. The van der Waals surface area contributed by atoms with E-state index in [1.165, 1.54) is 0 Å². The van der Waals surface area contributed by atoms with Crippen LogP contribution in [0.25, 0.3) is 0 Å². The van der Waals surface area contributed by atoms with Crippen LogP contribution >= 0.6 is 0 Å². The van der Waals surface area contributed by atoms with E-state index in [9.17, 15) is 13.2 Å². The molecular formula is C12H16F3NO2. The Hall–Kier alpha value is -1.43. The Morgan fingerprint density at radius 2 is 1.78 bits per heavy atom. The van der Waals surface area contributed by atoms with Crippen molar-refractivity contribution in [2.75, 3.05) is 25.6 Å². The van der Waals surface area contributed by atoms with Crippen LogP contribution < -0.4 is 10.5 Å². The second-order valence-electron chi connectivity index (χ2n) is 3.72. The number of hydrogen-bond acceptors (Lipinski definition) is 3. The fourth-order valence-corrected chi connectivity index (χ4v) is 1.25. The lowest BCUT2D eigenvalue weighted by molar-refractivity contribution is -0.145. The summed E-state index contributed by atoms with van der Waals surface area (Å²) >= 11 is 0. The Morgan fingerprint density at radius 3 is 2.44 bits per heavy atom. The van der Waals surface area contributed by atoms with Crippen LogP contribution in [-0.2, 0) is 4.74 Å². The third-order valence-corrected chi connectivity index (χ3v) is 2.14. The van der Waals surface area contributed by atoms with Crippen molar-refractivity contribution in [2.45, 2.75) is 19.0 Å². The van der Waals surface area contributed by atoms with E-state index < -0.39 is 12.6 Å². The molecule has 0 bridgehead atoms. The minimum absolute atomic E-state index is 0.239. The second-order valence-corrected chi connectivity index (χ2v) is 3.72. The molecule has 3 nitrogen and oxygen atoms in total. The number of halogens is 3. The number of rotatable bonds is 7. The van der Waals surface area contributed by atoms with Crippen molar-refractivity contribution >= 4 is 5.69 Å². The molecule has 0 amide bonds. The summed E-state index contributed by atoms with van der Waals surface area (Å²) in [6.07, 6.45) is -4.55. The van der Waals surface area contributed by atoms with Crippen molar-refractivity contribution < 1.29 is 22.6 Å². The second kappa shape index (κ2) is 7.10. The highest BCUT2D eigenvalue weighted by Gasteiger charge is 2.26. The molecular weight excluding hydrogens is 247 g/mol. The lowest BCUT2D eigenvalue weighted by Gasteiger charge is -2.09. The SMILES string of the molecule is Nc1ccccc1OCCCOCCC(F)(F)F. The molecule has 0 atom stereocenters. The molecule has 0 unspecified atom stereocenters. The third-order valence-electron chi connectivity index (χ3n) is 2.14. The largest absolute Gasteiger partial charge is 0.491 e. The van der Waals surface area contributed by atoms with Crippen LogP contribution in [0.15, 0.2) is 24.3 Å². The first-order valence-corrected chi connectivity index (χ1v) is 5.61. The summed E-state index contributed by atoms with van der Waals surface area (Å²) < 4.78 is 45.5. The zero-order valence-electron chi connectivity index (χ0n) is 9.87. The summed E-state index contributed by atoms with van der Waals surface area (Å²) in [4.78, 5) is 0. The lowest BCUT2D eigenvalue weighted by Crippen LogP contribution is -2.12. The number of benzene rings is 1. The number of ether oxygens (including phenoxy) is 2. The first-order valence-electron chi connectivity index (χ1n) is 5.61. The highest BCUT2D eigenvalue weighted by Crippen LogP contribution is 2.20. The van der Waals surface area contributed by atoms with Crippen LogP contribution in [0.5, 0.6) is 5.75 Å². The molecule has 0 spiro atoms. The van der Waals surface area contributed by atoms with Gasteiger partial charge >= 0.3 is 6.18 Å². The number of anilines is 1. The van der Waals surface area contributed by atoms with Crippen LogP contribution in [0.1, 0.15) is 12.8 Å². The average molecular weight is 263 g/mol. The van der Waals surface area contributed by atoms with Gasteiger partial charge in [0.2, 0.25) is 0 Å². The zero-order chi connectivity index (χ0) is 13.4. The average Bonchev–Trinajstić information content (AvgIpc) is 2.28. The molecule has 0 saturated carbocycles. The first-order chi connectivity index (χ1) is 8.49. The van der Waals surface area contributed by atoms with E-state index in [0.29, 0.717) is 24.5 Å². The molecule has 1 aromatic carbocycles. The van der Waals surface area contributed by atoms with E-state index in [0.717, 1.165) is 0 Å². The van der Waals surface area contributed by atoms with Crippen molar-refractivity contribution in [1.82, 2.24) is 0 Å². The first kappa shape index (κ1) is 14.6. The fourth-order valence-electron chi connectivity index (χ4n) is 1.25. The Balaban J connectivity index is 2.04. The molecule has 0 radical (unpaired) electrons. The molecule has 0 aliphatic heterocycles. The zero-order valence-corrected chi connectivity index (χ0v) is 9.87. The van der Waals surface area contributed by atoms with Crippen molar-refractivity contribution in [1.29, 1.82) is 0 Å². The highest BCUT2D eigenvalue weighted by molar-refractivity contribution is 5.51. The standard InChI is InChI=1S/C12H16F3NO2/c13-12(14,15)6-9-17-7-3-8-18-11-5-2-1-4-10(11)16/h1-2,4-5H,3,6-9,16H2. The van der Waals surface area contributed by atoms with Gasteiger partial charge in [-0.3, -0.25) is 0 Å². The van der Waals surface area contributed by atoms with E-state index in [1.807, 2.05) is 0 Å². The topological polar surface area (TPSA) is 44.5 Å². The van der Waals surface area contributed by atoms with Crippen LogP contribution in [0.2, 0.25) is 0 Å². The molecule has 2 N–H and O–H groups in total. The fraction of sp³-hybridized carbons (Fsp3) is 0.500. The van der Waals surface area contributed by atoms with Crippen LogP contribution in [0.3, 0.4) is 0 Å². The number of hydrogen-bond donors (Lipinski definition) is 1. The predicted molar refractivity (Wildman–Crippen MR) is 62.5 cm³/mol. The Kier molecular flexibility index (Phi) is 5.77. The molecule has 18 heavy (non-hydrogen) atoms. The monoisotopic (exact) mass is 263 g/mol. The van der Waals surface area contributed by atoms with Crippen molar-refractivity contribution in [3.05, 3.63) is 24.3 Å². The van der Waals surface area contributed by atoms with Gasteiger partial charge < -0.3 is 15.2 Å². The highest BCUT2D eigenvalue weighted by atomic mass is 19.4. The number of para-hydroxylation sites is 2. The van der Waals surface area contributed by atoms with E-state index in [4.69, 9.17) is 15.2 Å². The van der Waals surface area contributed by atoms with Gasteiger partial charge in [-0.25, -0.2) is 0 Å². The minimum atomic E-state index is -4.16. The molecule has 0 fully saturated rings. The molecule has 6 heteroatoms. The van der Waals surface area contributed by atoms with E-state index in [2.05, 4.69) is 0 Å². The van der Waals surface area contributed by atoms with Crippen LogP contribution in [0.4, 0.5) is 18.9 Å². The van der Waals surface area contributed by atoms with Gasteiger partial charge in [0.1, 0.15) is 5.75 Å². The Bertz CT molecular complexity index is 355. The van der Waals surface area contributed by atoms with Gasteiger partial charge in [0.05, 0.1) is 25.3 Å². The van der Waals surface area contributed by atoms with Gasteiger partial charge in [0.15, 0.2) is 0 Å². The normalized spacial score (nSPS) is 11.5. The Morgan fingerprint density at radius 1 is 1.06 bits per heavy atom.